The summed E-state index contributed by atoms with van der Waals surface area (Å²) in [4.78, 5) is 0. The first kappa shape index (κ1) is 14.8. The molecule has 1 aliphatic rings. The maximum absolute atomic E-state index is 6.30. The zero-order valence-corrected chi connectivity index (χ0v) is 12.6. The standard InChI is InChI=1S/C16H24ClNO/c1-3-6-12(2)19-16(11-18-13-9-10-13)14-7-4-5-8-15(14)17/h4-5,7-8,12-13,16,18H,3,6,9-11H2,1-2H3. The Kier molecular flexibility index (Phi) is 5.68. The molecule has 0 saturated heterocycles. The smallest absolute Gasteiger partial charge is 0.0967 e. The number of hydrogen-bond acceptors (Lipinski definition) is 2. The van der Waals surface area contributed by atoms with E-state index in [-0.39, 0.29) is 12.2 Å². The minimum absolute atomic E-state index is 0.0517. The van der Waals surface area contributed by atoms with Crippen LogP contribution in [0.1, 0.15) is 51.2 Å². The molecule has 0 heterocycles. The lowest BCUT2D eigenvalue weighted by molar-refractivity contribution is -0.00734. The summed E-state index contributed by atoms with van der Waals surface area (Å²) in [6, 6.07) is 8.69. The van der Waals surface area contributed by atoms with E-state index in [0.717, 1.165) is 30.0 Å². The number of ether oxygens (including phenoxy) is 1. The van der Waals surface area contributed by atoms with E-state index in [1.807, 2.05) is 18.2 Å². The largest absolute Gasteiger partial charge is 0.369 e. The van der Waals surface area contributed by atoms with E-state index < -0.39 is 0 Å². The first-order valence-electron chi connectivity index (χ1n) is 7.34. The van der Waals surface area contributed by atoms with E-state index in [9.17, 15) is 0 Å². The molecule has 0 radical (unpaired) electrons. The van der Waals surface area contributed by atoms with Crippen molar-refractivity contribution in [3.05, 3.63) is 34.9 Å². The van der Waals surface area contributed by atoms with Crippen molar-refractivity contribution in [1.29, 1.82) is 0 Å². The van der Waals surface area contributed by atoms with Crippen LogP contribution in [0, 0.1) is 0 Å². The van der Waals surface area contributed by atoms with E-state index in [1.165, 1.54) is 12.8 Å². The van der Waals surface area contributed by atoms with Crippen LogP contribution in [-0.2, 0) is 4.74 Å². The molecule has 19 heavy (non-hydrogen) atoms. The summed E-state index contributed by atoms with van der Waals surface area (Å²) in [6.45, 7) is 5.18. The van der Waals surface area contributed by atoms with Gasteiger partial charge in [-0.25, -0.2) is 0 Å². The third-order valence-electron chi connectivity index (χ3n) is 3.51. The summed E-state index contributed by atoms with van der Waals surface area (Å²) in [5.41, 5.74) is 1.10. The SMILES string of the molecule is CCCC(C)OC(CNC1CC1)c1ccccc1Cl. The van der Waals surface area contributed by atoms with Crippen LogP contribution in [0.5, 0.6) is 0 Å². The van der Waals surface area contributed by atoms with Crippen molar-refractivity contribution < 1.29 is 4.74 Å². The second kappa shape index (κ2) is 7.28. The lowest BCUT2D eigenvalue weighted by Gasteiger charge is -2.24. The Bertz CT molecular complexity index is 392. The Hall–Kier alpha value is -0.570. The molecule has 0 aromatic heterocycles. The van der Waals surface area contributed by atoms with E-state index in [2.05, 4.69) is 25.2 Å². The monoisotopic (exact) mass is 281 g/mol. The molecule has 106 valence electrons. The zero-order chi connectivity index (χ0) is 13.7. The van der Waals surface area contributed by atoms with Crippen LogP contribution in [0.15, 0.2) is 24.3 Å². The molecule has 1 aromatic carbocycles. The molecule has 3 heteroatoms. The highest BCUT2D eigenvalue weighted by atomic mass is 35.5. The summed E-state index contributed by atoms with van der Waals surface area (Å²) in [6.07, 6.45) is 5.14. The highest BCUT2D eigenvalue weighted by Gasteiger charge is 2.24. The number of halogens is 1. The zero-order valence-electron chi connectivity index (χ0n) is 11.9. The minimum Gasteiger partial charge on any atom is -0.369 e. The van der Waals surface area contributed by atoms with Crippen LogP contribution >= 0.6 is 11.6 Å². The van der Waals surface area contributed by atoms with Gasteiger partial charge in [0.05, 0.1) is 12.2 Å². The predicted molar refractivity (Wildman–Crippen MR) is 80.7 cm³/mol. The summed E-state index contributed by atoms with van der Waals surface area (Å²) in [5.74, 6) is 0. The van der Waals surface area contributed by atoms with Gasteiger partial charge in [-0.15, -0.1) is 0 Å². The average molecular weight is 282 g/mol. The fourth-order valence-electron chi connectivity index (χ4n) is 2.28. The molecule has 2 unspecified atom stereocenters. The topological polar surface area (TPSA) is 21.3 Å². The second-order valence-electron chi connectivity index (χ2n) is 5.43. The van der Waals surface area contributed by atoms with Crippen molar-refractivity contribution in [1.82, 2.24) is 5.32 Å². The van der Waals surface area contributed by atoms with Gasteiger partial charge in [0.1, 0.15) is 0 Å². The van der Waals surface area contributed by atoms with E-state index in [0.29, 0.717) is 6.04 Å². The van der Waals surface area contributed by atoms with Crippen molar-refractivity contribution in [2.75, 3.05) is 6.54 Å². The molecule has 0 bridgehead atoms. The van der Waals surface area contributed by atoms with Gasteiger partial charge >= 0.3 is 0 Å². The highest BCUT2D eigenvalue weighted by Crippen LogP contribution is 2.28. The minimum atomic E-state index is 0.0517. The molecule has 0 amide bonds. The number of nitrogens with one attached hydrogen (secondary N) is 1. The van der Waals surface area contributed by atoms with Gasteiger partial charge in [0.2, 0.25) is 0 Å². The van der Waals surface area contributed by atoms with Crippen LogP contribution in [0.2, 0.25) is 5.02 Å². The fourth-order valence-corrected chi connectivity index (χ4v) is 2.54. The Morgan fingerprint density at radius 3 is 2.74 bits per heavy atom. The van der Waals surface area contributed by atoms with Gasteiger partial charge in [-0.2, -0.15) is 0 Å². The Morgan fingerprint density at radius 2 is 2.11 bits per heavy atom. The van der Waals surface area contributed by atoms with Crippen LogP contribution in [0.3, 0.4) is 0 Å². The van der Waals surface area contributed by atoms with Crippen molar-refractivity contribution in [3.8, 4) is 0 Å². The normalized spacial score (nSPS) is 18.3. The second-order valence-corrected chi connectivity index (χ2v) is 5.84. The third kappa shape index (κ3) is 4.79. The molecule has 1 fully saturated rings. The third-order valence-corrected chi connectivity index (χ3v) is 3.86. The predicted octanol–water partition coefficient (Wildman–Crippen LogP) is 4.34. The molecule has 2 nitrogen and oxygen atoms in total. The first-order valence-corrected chi connectivity index (χ1v) is 7.71. The van der Waals surface area contributed by atoms with E-state index in [1.54, 1.807) is 0 Å². The molecule has 1 aliphatic carbocycles. The van der Waals surface area contributed by atoms with Crippen molar-refractivity contribution in [2.45, 2.75) is 57.8 Å². The summed E-state index contributed by atoms with van der Waals surface area (Å²) >= 11 is 6.30. The maximum atomic E-state index is 6.30. The Morgan fingerprint density at radius 1 is 1.37 bits per heavy atom. The Labute approximate surface area is 121 Å². The van der Waals surface area contributed by atoms with E-state index >= 15 is 0 Å². The van der Waals surface area contributed by atoms with Gasteiger partial charge in [-0.3, -0.25) is 0 Å². The lowest BCUT2D eigenvalue weighted by Crippen LogP contribution is -2.27. The molecule has 0 spiro atoms. The van der Waals surface area contributed by atoms with Gasteiger partial charge in [0.15, 0.2) is 0 Å². The van der Waals surface area contributed by atoms with Gasteiger partial charge in [0.25, 0.3) is 0 Å². The van der Waals surface area contributed by atoms with Crippen molar-refractivity contribution in [3.63, 3.8) is 0 Å². The van der Waals surface area contributed by atoms with Crippen LogP contribution < -0.4 is 5.32 Å². The van der Waals surface area contributed by atoms with Gasteiger partial charge in [-0.05, 0) is 32.3 Å². The molecular formula is C16H24ClNO. The lowest BCUT2D eigenvalue weighted by atomic mass is 10.1. The fraction of sp³-hybridized carbons (Fsp3) is 0.625. The molecule has 0 aliphatic heterocycles. The quantitative estimate of drug-likeness (QED) is 0.765. The molecule has 1 aromatic rings. The highest BCUT2D eigenvalue weighted by molar-refractivity contribution is 6.31. The average Bonchev–Trinajstić information content (AvgIpc) is 3.19. The van der Waals surface area contributed by atoms with Crippen molar-refractivity contribution >= 4 is 11.6 Å². The summed E-state index contributed by atoms with van der Waals surface area (Å²) in [7, 11) is 0. The van der Waals surface area contributed by atoms with Crippen LogP contribution in [-0.4, -0.2) is 18.7 Å². The number of hydrogen-bond donors (Lipinski definition) is 1. The van der Waals surface area contributed by atoms with Gasteiger partial charge in [0, 0.05) is 23.2 Å². The molecular weight excluding hydrogens is 258 g/mol. The van der Waals surface area contributed by atoms with Crippen molar-refractivity contribution in [2.24, 2.45) is 0 Å². The molecule has 1 N–H and O–H groups in total. The number of benzene rings is 1. The van der Waals surface area contributed by atoms with Crippen LogP contribution in [0.25, 0.3) is 0 Å². The first-order chi connectivity index (χ1) is 9.20. The molecule has 1 saturated carbocycles. The van der Waals surface area contributed by atoms with Gasteiger partial charge in [-0.1, -0.05) is 43.1 Å². The molecule has 2 atom stereocenters. The summed E-state index contributed by atoms with van der Waals surface area (Å²) < 4.78 is 6.19. The maximum Gasteiger partial charge on any atom is 0.0967 e. The van der Waals surface area contributed by atoms with Crippen LogP contribution in [0.4, 0.5) is 0 Å². The molecule has 2 rings (SSSR count). The van der Waals surface area contributed by atoms with Gasteiger partial charge < -0.3 is 10.1 Å². The summed E-state index contributed by atoms with van der Waals surface area (Å²) in [5, 5.41) is 4.35. The van der Waals surface area contributed by atoms with E-state index in [4.69, 9.17) is 16.3 Å². The Balaban J connectivity index is 2.01. The number of rotatable bonds is 8.